The van der Waals surface area contributed by atoms with Crippen molar-refractivity contribution in [3.8, 4) is 0 Å². The van der Waals surface area contributed by atoms with Crippen LogP contribution in [0.25, 0.3) is 0 Å². The van der Waals surface area contributed by atoms with Crippen molar-refractivity contribution >= 4 is 0 Å². The third-order valence-corrected chi connectivity index (χ3v) is 3.25. The molecule has 0 bridgehead atoms. The van der Waals surface area contributed by atoms with Gasteiger partial charge in [0.25, 0.3) is 0 Å². The van der Waals surface area contributed by atoms with E-state index in [2.05, 4.69) is 16.8 Å². The van der Waals surface area contributed by atoms with Crippen LogP contribution in [0.15, 0.2) is 0 Å². The molecule has 0 aromatic rings. The molecule has 2 fully saturated rings. The lowest BCUT2D eigenvalue weighted by molar-refractivity contribution is 0.00290. The molecule has 98 valence electrons. The zero-order valence-corrected chi connectivity index (χ0v) is 11.0. The molecule has 0 saturated carbocycles. The van der Waals surface area contributed by atoms with Crippen LogP contribution in [0, 0.1) is 0 Å². The Balaban J connectivity index is 0.000000711. The van der Waals surface area contributed by atoms with Gasteiger partial charge < -0.3 is 15.1 Å². The third-order valence-electron chi connectivity index (χ3n) is 3.25. The Morgan fingerprint density at radius 2 is 1.44 bits per heavy atom. The molecule has 0 amide bonds. The average molecular weight is 232 g/mol. The lowest BCUT2D eigenvalue weighted by atomic mass is 10.0. The van der Waals surface area contributed by atoms with Gasteiger partial charge in [-0.25, -0.2) is 0 Å². The summed E-state index contributed by atoms with van der Waals surface area (Å²) in [6.07, 6.45) is 2.69. The Bertz CT molecular complexity index is 153. The number of hydrogen-bond donors (Lipinski definition) is 0. The van der Waals surface area contributed by atoms with Crippen LogP contribution in [-0.4, -0.2) is 67.8 Å². The van der Waals surface area contributed by atoms with Crippen molar-refractivity contribution in [1.82, 2.24) is 9.80 Å². The van der Waals surface area contributed by atoms with Gasteiger partial charge in [0.1, 0.15) is 0 Å². The van der Waals surface area contributed by atoms with Gasteiger partial charge >= 0.3 is 0 Å². The number of ether oxygens (including phenoxy) is 1. The first-order valence-electron chi connectivity index (χ1n) is 6.36. The number of hydrogen-bond acceptors (Lipinski definition) is 3. The Hall–Kier alpha value is -0.160. The van der Waals surface area contributed by atoms with Crippen LogP contribution >= 0.6 is 0 Å². The van der Waals surface area contributed by atoms with E-state index in [0.717, 1.165) is 32.3 Å². The van der Waals surface area contributed by atoms with Gasteiger partial charge in [0.2, 0.25) is 0 Å². The molecule has 2 saturated heterocycles. The fourth-order valence-corrected chi connectivity index (χ4v) is 2.30. The summed E-state index contributed by atoms with van der Waals surface area (Å²) in [6.45, 7) is 10.7. The van der Waals surface area contributed by atoms with Crippen LogP contribution in [0.2, 0.25) is 0 Å². The van der Waals surface area contributed by atoms with Crippen LogP contribution in [0.5, 0.6) is 0 Å². The van der Waals surface area contributed by atoms with Gasteiger partial charge in [-0.1, -0.05) is 13.8 Å². The van der Waals surface area contributed by atoms with Gasteiger partial charge in [-0.15, -0.1) is 0 Å². The highest BCUT2D eigenvalue weighted by atomic mass is 16.5. The predicted octanol–water partition coefficient (Wildman–Crippen LogP) is 0.614. The largest absolute Gasteiger partial charge is 0.412 e. The Morgan fingerprint density at radius 3 is 1.94 bits per heavy atom. The van der Waals surface area contributed by atoms with Crippen molar-refractivity contribution in [3.05, 3.63) is 0 Å². The lowest BCUT2D eigenvalue weighted by Gasteiger charge is -2.39. The van der Waals surface area contributed by atoms with Crippen molar-refractivity contribution in [2.24, 2.45) is 0 Å². The highest BCUT2D eigenvalue weighted by Crippen LogP contribution is 2.16. The number of likely N-dealkylation sites (tertiary alicyclic amines) is 1. The summed E-state index contributed by atoms with van der Waals surface area (Å²) in [7, 11) is 2.22. The standard InChI is InChI=1S/C10H20N2O.C2H6.H2O/c1-11-4-2-10(3-5-11)12-6-8-13-9-7-12;1-2;/h10H,2-9H2,1H3;1-2H3;1H2. The number of nitrogens with zero attached hydrogens (tertiary/aromatic N) is 2. The van der Waals surface area contributed by atoms with Crippen molar-refractivity contribution in [2.75, 3.05) is 46.4 Å². The van der Waals surface area contributed by atoms with Crippen molar-refractivity contribution in [3.63, 3.8) is 0 Å². The van der Waals surface area contributed by atoms with Gasteiger partial charge in [0.15, 0.2) is 0 Å². The summed E-state index contributed by atoms with van der Waals surface area (Å²) in [5, 5.41) is 0. The van der Waals surface area contributed by atoms with E-state index < -0.39 is 0 Å². The molecule has 2 heterocycles. The van der Waals surface area contributed by atoms with Gasteiger partial charge in [0, 0.05) is 19.1 Å². The maximum absolute atomic E-state index is 5.36. The highest BCUT2D eigenvalue weighted by Gasteiger charge is 2.23. The molecule has 0 atom stereocenters. The molecule has 0 aromatic heterocycles. The summed E-state index contributed by atoms with van der Waals surface area (Å²) in [5.74, 6) is 0. The monoisotopic (exact) mass is 232 g/mol. The van der Waals surface area contributed by atoms with E-state index in [1.165, 1.54) is 25.9 Å². The Labute approximate surface area is 99.9 Å². The van der Waals surface area contributed by atoms with Crippen molar-refractivity contribution < 1.29 is 10.2 Å². The molecular formula is C12H28N2O2. The van der Waals surface area contributed by atoms with Gasteiger partial charge in [-0.3, -0.25) is 4.90 Å². The zero-order chi connectivity index (χ0) is 11.1. The third kappa shape index (κ3) is 4.78. The molecule has 4 heteroatoms. The molecule has 2 N–H and O–H groups in total. The van der Waals surface area contributed by atoms with Crippen LogP contribution < -0.4 is 0 Å². The number of rotatable bonds is 1. The molecule has 0 radical (unpaired) electrons. The number of piperidine rings is 1. The minimum absolute atomic E-state index is 0. The van der Waals surface area contributed by atoms with Crippen LogP contribution in [0.1, 0.15) is 26.7 Å². The Morgan fingerprint density at radius 1 is 0.938 bits per heavy atom. The maximum atomic E-state index is 5.36. The second-order valence-electron chi connectivity index (χ2n) is 4.18. The topological polar surface area (TPSA) is 47.2 Å². The van der Waals surface area contributed by atoms with Gasteiger partial charge in [-0.2, -0.15) is 0 Å². The summed E-state index contributed by atoms with van der Waals surface area (Å²) in [4.78, 5) is 5.04. The van der Waals surface area contributed by atoms with E-state index in [0.29, 0.717) is 0 Å². The number of morpholine rings is 1. The molecule has 0 spiro atoms. The molecule has 2 aliphatic rings. The van der Waals surface area contributed by atoms with Gasteiger partial charge in [-0.05, 0) is 33.0 Å². The van der Waals surface area contributed by atoms with Crippen LogP contribution in [0.4, 0.5) is 0 Å². The van der Waals surface area contributed by atoms with E-state index in [4.69, 9.17) is 4.74 Å². The van der Waals surface area contributed by atoms with E-state index >= 15 is 0 Å². The molecule has 16 heavy (non-hydrogen) atoms. The minimum atomic E-state index is 0. The van der Waals surface area contributed by atoms with Crippen LogP contribution in [-0.2, 0) is 4.74 Å². The second-order valence-corrected chi connectivity index (χ2v) is 4.18. The summed E-state index contributed by atoms with van der Waals surface area (Å²) < 4.78 is 5.36. The second kappa shape index (κ2) is 8.93. The van der Waals surface area contributed by atoms with E-state index in [1.54, 1.807) is 0 Å². The minimum Gasteiger partial charge on any atom is -0.412 e. The fraction of sp³-hybridized carbons (Fsp3) is 1.00. The van der Waals surface area contributed by atoms with Crippen LogP contribution in [0.3, 0.4) is 0 Å². The zero-order valence-electron chi connectivity index (χ0n) is 11.0. The summed E-state index contributed by atoms with van der Waals surface area (Å²) >= 11 is 0. The highest BCUT2D eigenvalue weighted by molar-refractivity contribution is 4.79. The average Bonchev–Trinajstić information content (AvgIpc) is 2.34. The molecule has 2 aliphatic heterocycles. The molecule has 0 aromatic carbocycles. The van der Waals surface area contributed by atoms with Crippen molar-refractivity contribution in [2.45, 2.75) is 32.7 Å². The Kier molecular flexibility index (Phi) is 8.84. The molecule has 2 rings (SSSR count). The maximum Gasteiger partial charge on any atom is 0.0594 e. The first-order chi connectivity index (χ1) is 7.36. The fourth-order valence-electron chi connectivity index (χ4n) is 2.30. The van der Waals surface area contributed by atoms with Gasteiger partial charge in [0.05, 0.1) is 13.2 Å². The SMILES string of the molecule is CC.CN1CCC(N2CCOCC2)CC1.O. The van der Waals surface area contributed by atoms with E-state index in [9.17, 15) is 0 Å². The predicted molar refractivity (Wildman–Crippen MR) is 67.9 cm³/mol. The quantitative estimate of drug-likeness (QED) is 0.665. The molecule has 4 nitrogen and oxygen atoms in total. The first-order valence-corrected chi connectivity index (χ1v) is 6.36. The summed E-state index contributed by atoms with van der Waals surface area (Å²) in [6, 6.07) is 0.833. The first kappa shape index (κ1) is 15.8. The van der Waals surface area contributed by atoms with E-state index in [1.807, 2.05) is 13.8 Å². The van der Waals surface area contributed by atoms with Crippen molar-refractivity contribution in [1.29, 1.82) is 0 Å². The molecule has 0 unspecified atom stereocenters. The molecule has 0 aliphatic carbocycles. The normalized spacial score (nSPS) is 24.2. The summed E-state index contributed by atoms with van der Waals surface area (Å²) in [5.41, 5.74) is 0. The smallest absolute Gasteiger partial charge is 0.0594 e. The van der Waals surface area contributed by atoms with E-state index in [-0.39, 0.29) is 5.48 Å². The molecular weight excluding hydrogens is 204 g/mol. The lowest BCUT2D eigenvalue weighted by Crippen LogP contribution is -2.48.